The van der Waals surface area contributed by atoms with Gasteiger partial charge in [-0.1, -0.05) is 86.6 Å². The highest BCUT2D eigenvalue weighted by Crippen LogP contribution is 2.48. The summed E-state index contributed by atoms with van der Waals surface area (Å²) in [6, 6.07) is 26.7. The zero-order valence-corrected chi connectivity index (χ0v) is 21.3. The van der Waals surface area contributed by atoms with Gasteiger partial charge in [0.1, 0.15) is 12.4 Å². The van der Waals surface area contributed by atoms with Crippen molar-refractivity contribution in [1.82, 2.24) is 10.2 Å². The minimum atomic E-state index is -0.515. The average molecular weight is 487 g/mol. The number of nitrogens with one attached hydrogen (secondary N) is 1. The van der Waals surface area contributed by atoms with E-state index in [0.717, 1.165) is 22.4 Å². The van der Waals surface area contributed by atoms with Crippen LogP contribution in [0.2, 0.25) is 0 Å². The Labute approximate surface area is 213 Å². The fourth-order valence-corrected chi connectivity index (χ4v) is 4.95. The highest BCUT2D eigenvalue weighted by atomic mass is 16.5. The molecular weight excluding hydrogens is 452 g/mol. The van der Waals surface area contributed by atoms with Crippen molar-refractivity contribution in [1.29, 1.82) is 0 Å². The van der Waals surface area contributed by atoms with Gasteiger partial charge in [-0.2, -0.15) is 0 Å². The number of nitrogens with zero attached hydrogens (tertiary/aromatic N) is 1. The maximum Gasteiger partial charge on any atom is 0.407 e. The number of likely N-dealkylation sites (tertiary alicyclic amines) is 1. The zero-order chi connectivity index (χ0) is 25.7. The first-order valence-corrected chi connectivity index (χ1v) is 12.4. The number of alkyl carbamates (subject to hydrolysis) is 1. The summed E-state index contributed by atoms with van der Waals surface area (Å²) in [5, 5.41) is 3.01. The molecule has 1 aliphatic heterocycles. The molecule has 3 aromatic carbocycles. The SMILES string of the molecule is COc1ccc([C@H](C)N2C(=O)[C@@H]([C@@H](NC(=O)OCc3ccccc3)C(C)C)[C@@H]2c2ccccc2)cc1. The topological polar surface area (TPSA) is 67.9 Å². The second-order valence-corrected chi connectivity index (χ2v) is 9.55. The molecule has 6 heteroatoms. The molecule has 1 aliphatic rings. The lowest BCUT2D eigenvalue weighted by atomic mass is 9.73. The van der Waals surface area contributed by atoms with Gasteiger partial charge in [-0.05, 0) is 41.7 Å². The zero-order valence-electron chi connectivity index (χ0n) is 21.3. The van der Waals surface area contributed by atoms with E-state index in [4.69, 9.17) is 9.47 Å². The van der Waals surface area contributed by atoms with Crippen LogP contribution in [0.1, 0.15) is 49.5 Å². The van der Waals surface area contributed by atoms with E-state index >= 15 is 0 Å². The summed E-state index contributed by atoms with van der Waals surface area (Å²) in [5.74, 6) is 0.441. The molecule has 1 N–H and O–H groups in total. The van der Waals surface area contributed by atoms with Crippen molar-refractivity contribution in [3.8, 4) is 5.75 Å². The summed E-state index contributed by atoms with van der Waals surface area (Å²) in [6.07, 6.45) is -0.515. The fourth-order valence-electron chi connectivity index (χ4n) is 4.95. The third kappa shape index (κ3) is 5.38. The molecule has 6 nitrogen and oxygen atoms in total. The number of rotatable bonds is 9. The van der Waals surface area contributed by atoms with Crippen molar-refractivity contribution in [3.05, 3.63) is 102 Å². The molecule has 0 unspecified atom stereocenters. The number of carbonyl (C=O) groups is 2. The Morgan fingerprint density at radius 1 is 0.917 bits per heavy atom. The van der Waals surface area contributed by atoms with Crippen LogP contribution < -0.4 is 10.1 Å². The largest absolute Gasteiger partial charge is 0.497 e. The van der Waals surface area contributed by atoms with Crippen LogP contribution >= 0.6 is 0 Å². The average Bonchev–Trinajstić information content (AvgIpc) is 2.91. The monoisotopic (exact) mass is 486 g/mol. The molecule has 0 aliphatic carbocycles. The summed E-state index contributed by atoms with van der Waals surface area (Å²) >= 11 is 0. The molecule has 0 radical (unpaired) electrons. The van der Waals surface area contributed by atoms with Gasteiger partial charge in [0, 0.05) is 6.04 Å². The first-order chi connectivity index (χ1) is 17.4. The van der Waals surface area contributed by atoms with Crippen LogP contribution in [0.4, 0.5) is 4.79 Å². The molecule has 4 atom stereocenters. The number of benzene rings is 3. The van der Waals surface area contributed by atoms with Crippen LogP contribution in [0, 0.1) is 11.8 Å². The van der Waals surface area contributed by atoms with Gasteiger partial charge >= 0.3 is 6.09 Å². The van der Waals surface area contributed by atoms with E-state index in [1.165, 1.54) is 0 Å². The summed E-state index contributed by atoms with van der Waals surface area (Å²) in [4.78, 5) is 28.4. The molecule has 0 bridgehead atoms. The quantitative estimate of drug-likeness (QED) is 0.382. The maximum absolute atomic E-state index is 13.7. The molecule has 1 heterocycles. The smallest absolute Gasteiger partial charge is 0.407 e. The van der Waals surface area contributed by atoms with E-state index in [9.17, 15) is 9.59 Å². The molecule has 1 saturated heterocycles. The Hall–Kier alpha value is -3.80. The van der Waals surface area contributed by atoms with Gasteiger partial charge in [-0.3, -0.25) is 4.79 Å². The van der Waals surface area contributed by atoms with E-state index < -0.39 is 12.0 Å². The van der Waals surface area contributed by atoms with Crippen molar-refractivity contribution < 1.29 is 19.1 Å². The van der Waals surface area contributed by atoms with Gasteiger partial charge in [0.2, 0.25) is 5.91 Å². The summed E-state index contributed by atoms with van der Waals surface area (Å²) < 4.78 is 10.8. The van der Waals surface area contributed by atoms with E-state index in [2.05, 4.69) is 5.32 Å². The molecule has 0 saturated carbocycles. The Morgan fingerprint density at radius 2 is 1.53 bits per heavy atom. The van der Waals surface area contributed by atoms with Crippen LogP contribution in [0.3, 0.4) is 0 Å². The van der Waals surface area contributed by atoms with E-state index in [1.54, 1.807) is 7.11 Å². The number of amides is 2. The van der Waals surface area contributed by atoms with Crippen LogP contribution in [-0.4, -0.2) is 30.1 Å². The number of methoxy groups -OCH3 is 1. The lowest BCUT2D eigenvalue weighted by molar-refractivity contribution is -0.165. The molecule has 1 fully saturated rings. The Balaban J connectivity index is 1.55. The van der Waals surface area contributed by atoms with Gasteiger partial charge in [0.05, 0.1) is 25.1 Å². The van der Waals surface area contributed by atoms with Crippen molar-refractivity contribution in [2.45, 2.75) is 45.5 Å². The Bertz CT molecular complexity index is 1150. The van der Waals surface area contributed by atoms with Crippen LogP contribution in [0.25, 0.3) is 0 Å². The van der Waals surface area contributed by atoms with Gasteiger partial charge in [-0.15, -0.1) is 0 Å². The lowest BCUT2D eigenvalue weighted by Gasteiger charge is -2.53. The summed E-state index contributed by atoms with van der Waals surface area (Å²) in [5.41, 5.74) is 2.99. The van der Waals surface area contributed by atoms with Crippen LogP contribution in [-0.2, 0) is 16.1 Å². The number of β-lactam (4-membered cyclic amide) rings is 1. The second kappa shape index (κ2) is 11.3. The second-order valence-electron chi connectivity index (χ2n) is 9.55. The highest BCUT2D eigenvalue weighted by molar-refractivity contribution is 5.88. The van der Waals surface area contributed by atoms with Crippen molar-refractivity contribution in [2.24, 2.45) is 11.8 Å². The predicted octanol–water partition coefficient (Wildman–Crippen LogP) is 5.91. The van der Waals surface area contributed by atoms with Crippen molar-refractivity contribution >= 4 is 12.0 Å². The third-order valence-electron chi connectivity index (χ3n) is 6.94. The normalized spacial score (nSPS) is 18.8. The van der Waals surface area contributed by atoms with Gasteiger partial charge < -0.3 is 19.7 Å². The lowest BCUT2D eigenvalue weighted by Crippen LogP contribution is -2.64. The van der Waals surface area contributed by atoms with Crippen LogP contribution in [0.5, 0.6) is 5.75 Å². The first kappa shape index (κ1) is 25.3. The first-order valence-electron chi connectivity index (χ1n) is 12.4. The number of ether oxygens (including phenoxy) is 2. The summed E-state index contributed by atoms with van der Waals surface area (Å²) in [6.45, 7) is 6.26. The molecule has 36 heavy (non-hydrogen) atoms. The number of hydrogen-bond acceptors (Lipinski definition) is 4. The molecule has 3 aromatic rings. The third-order valence-corrected chi connectivity index (χ3v) is 6.94. The highest BCUT2D eigenvalue weighted by Gasteiger charge is 2.54. The molecule has 2 amide bonds. The van der Waals surface area contributed by atoms with Crippen molar-refractivity contribution in [2.75, 3.05) is 7.11 Å². The fraction of sp³-hybridized carbons (Fsp3) is 0.333. The van der Waals surface area contributed by atoms with Crippen molar-refractivity contribution in [3.63, 3.8) is 0 Å². The standard InChI is InChI=1S/C30H34N2O4/c1-20(2)27(31-30(34)36-19-22-11-7-5-8-12-22)26-28(24-13-9-6-10-14-24)32(29(26)33)21(3)23-15-17-25(35-4)18-16-23/h5-18,20-21,26-28H,19H2,1-4H3,(H,31,34)/t21-,26-,27-,28-/m0/s1. The maximum atomic E-state index is 13.7. The minimum Gasteiger partial charge on any atom is -0.497 e. The van der Waals surface area contributed by atoms with Gasteiger partial charge in [0.25, 0.3) is 0 Å². The number of hydrogen-bond donors (Lipinski definition) is 1. The van der Waals surface area contributed by atoms with E-state index in [1.807, 2.05) is 111 Å². The molecule has 0 aromatic heterocycles. The number of carbonyl (C=O) groups excluding carboxylic acids is 2. The molecule has 0 spiro atoms. The summed E-state index contributed by atoms with van der Waals surface area (Å²) in [7, 11) is 1.64. The van der Waals surface area contributed by atoms with Gasteiger partial charge in [0.15, 0.2) is 0 Å². The predicted molar refractivity (Wildman–Crippen MR) is 139 cm³/mol. The minimum absolute atomic E-state index is 0.0224. The van der Waals surface area contributed by atoms with E-state index in [-0.39, 0.29) is 36.6 Å². The molecule has 188 valence electrons. The Kier molecular flexibility index (Phi) is 7.93. The van der Waals surface area contributed by atoms with Crippen LogP contribution in [0.15, 0.2) is 84.9 Å². The molecular formula is C30H34N2O4. The Morgan fingerprint density at radius 3 is 2.11 bits per heavy atom. The molecule has 4 rings (SSSR count). The van der Waals surface area contributed by atoms with Gasteiger partial charge in [-0.25, -0.2) is 4.79 Å². The van der Waals surface area contributed by atoms with E-state index in [0.29, 0.717) is 0 Å².